The number of rotatable bonds is 7. The Balaban J connectivity index is 2.89. The molecule has 0 aliphatic carbocycles. The van der Waals surface area contributed by atoms with Crippen LogP contribution in [0.5, 0.6) is 0 Å². The first-order valence-corrected chi connectivity index (χ1v) is 6.78. The molecule has 106 valence electrons. The van der Waals surface area contributed by atoms with Gasteiger partial charge in [0.2, 0.25) is 0 Å². The fourth-order valence-corrected chi connectivity index (χ4v) is 2.11. The van der Waals surface area contributed by atoms with Gasteiger partial charge in [0.15, 0.2) is 0 Å². The lowest BCUT2D eigenvalue weighted by molar-refractivity contribution is -0.384. The quantitative estimate of drug-likeness (QED) is 0.593. The van der Waals surface area contributed by atoms with Crippen LogP contribution in [-0.2, 0) is 0 Å². The average molecular weight is 286 g/mol. The predicted molar refractivity (Wildman–Crippen MR) is 78.8 cm³/mol. The summed E-state index contributed by atoms with van der Waals surface area (Å²) >= 11 is 5.91. The Kier molecular flexibility index (Phi) is 6.05. The number of nitro benzene ring substituents is 1. The summed E-state index contributed by atoms with van der Waals surface area (Å²) in [4.78, 5) is 10.3. The molecule has 0 aliphatic rings. The van der Waals surface area contributed by atoms with Crippen molar-refractivity contribution in [3.05, 3.63) is 32.8 Å². The van der Waals surface area contributed by atoms with Crippen molar-refractivity contribution in [1.82, 2.24) is 0 Å². The number of hydrogen-bond acceptors (Lipinski definition) is 4. The third kappa shape index (κ3) is 4.36. The number of halogens is 1. The number of anilines is 1. The normalized spacial score (nSPS) is 12.2. The molecule has 1 rings (SSSR count). The van der Waals surface area contributed by atoms with E-state index in [4.69, 9.17) is 17.3 Å². The number of nitrogens with zero attached hydrogens (tertiary/aromatic N) is 1. The molecule has 1 unspecified atom stereocenters. The van der Waals surface area contributed by atoms with E-state index in [1.807, 2.05) is 6.92 Å². The third-order valence-electron chi connectivity index (χ3n) is 3.04. The summed E-state index contributed by atoms with van der Waals surface area (Å²) in [6.07, 6.45) is 3.17. The highest BCUT2D eigenvalue weighted by atomic mass is 35.5. The molecule has 5 nitrogen and oxygen atoms in total. The van der Waals surface area contributed by atoms with Crippen molar-refractivity contribution in [1.29, 1.82) is 0 Å². The topological polar surface area (TPSA) is 81.2 Å². The van der Waals surface area contributed by atoms with Crippen LogP contribution in [0.3, 0.4) is 0 Å². The van der Waals surface area contributed by atoms with Crippen molar-refractivity contribution in [3.63, 3.8) is 0 Å². The van der Waals surface area contributed by atoms with Gasteiger partial charge in [-0.2, -0.15) is 0 Å². The molecule has 0 aliphatic heterocycles. The zero-order valence-corrected chi connectivity index (χ0v) is 12.0. The van der Waals surface area contributed by atoms with Gasteiger partial charge in [0.05, 0.1) is 4.92 Å². The maximum Gasteiger partial charge on any atom is 0.288 e. The second-order valence-electron chi connectivity index (χ2n) is 4.59. The first-order valence-electron chi connectivity index (χ1n) is 6.40. The van der Waals surface area contributed by atoms with Gasteiger partial charge in [-0.3, -0.25) is 10.1 Å². The number of aryl methyl sites for hydroxylation is 1. The number of unbranched alkanes of at least 4 members (excludes halogenated alkanes) is 1. The van der Waals surface area contributed by atoms with E-state index >= 15 is 0 Å². The molecule has 3 N–H and O–H groups in total. The molecule has 0 radical (unpaired) electrons. The number of nitrogens with two attached hydrogens (primary N) is 1. The molecule has 0 aromatic heterocycles. The van der Waals surface area contributed by atoms with Crippen LogP contribution in [0, 0.1) is 17.0 Å². The minimum absolute atomic E-state index is 0.0671. The Bertz CT molecular complexity index is 452. The van der Waals surface area contributed by atoms with Crippen LogP contribution in [0.4, 0.5) is 11.4 Å². The van der Waals surface area contributed by atoms with Crippen molar-refractivity contribution < 1.29 is 4.92 Å². The highest BCUT2D eigenvalue weighted by molar-refractivity contribution is 6.33. The Hall–Kier alpha value is -1.33. The van der Waals surface area contributed by atoms with Crippen LogP contribution in [0.25, 0.3) is 0 Å². The average Bonchev–Trinajstić information content (AvgIpc) is 2.37. The van der Waals surface area contributed by atoms with E-state index in [9.17, 15) is 10.1 Å². The molecule has 1 aromatic rings. The first kappa shape index (κ1) is 15.7. The van der Waals surface area contributed by atoms with Crippen LogP contribution in [-0.4, -0.2) is 17.5 Å². The van der Waals surface area contributed by atoms with Crippen molar-refractivity contribution in [2.45, 2.75) is 39.2 Å². The molecule has 0 saturated heterocycles. The number of hydrogen-bond donors (Lipinski definition) is 2. The molecule has 6 heteroatoms. The van der Waals surface area contributed by atoms with Gasteiger partial charge < -0.3 is 11.1 Å². The fourth-order valence-electron chi connectivity index (χ4n) is 1.88. The number of nitro groups is 1. The Labute approximate surface area is 118 Å². The highest BCUT2D eigenvalue weighted by Crippen LogP contribution is 2.31. The van der Waals surface area contributed by atoms with Crippen molar-refractivity contribution in [2.24, 2.45) is 5.73 Å². The SMILES string of the molecule is CCCCC(CN)Nc1cc(Cl)c([N+](=O)[O-])cc1C. The summed E-state index contributed by atoms with van der Waals surface area (Å²) in [5, 5.41) is 14.2. The van der Waals surface area contributed by atoms with Gasteiger partial charge in [0, 0.05) is 24.3 Å². The first-order chi connectivity index (χ1) is 8.99. The molecule has 1 aromatic carbocycles. The molecular weight excluding hydrogens is 266 g/mol. The Morgan fingerprint density at radius 2 is 2.21 bits per heavy atom. The second-order valence-corrected chi connectivity index (χ2v) is 5.00. The smallest absolute Gasteiger partial charge is 0.288 e. The summed E-state index contributed by atoms with van der Waals surface area (Å²) in [6, 6.07) is 3.25. The van der Waals surface area contributed by atoms with E-state index in [1.165, 1.54) is 6.07 Å². The van der Waals surface area contributed by atoms with Gasteiger partial charge in [0.25, 0.3) is 5.69 Å². The lowest BCUT2D eigenvalue weighted by Gasteiger charge is -2.19. The maximum absolute atomic E-state index is 10.8. The maximum atomic E-state index is 10.8. The Morgan fingerprint density at radius 1 is 1.53 bits per heavy atom. The second kappa shape index (κ2) is 7.31. The molecule has 0 amide bonds. The van der Waals surface area contributed by atoms with Crippen LogP contribution in [0.1, 0.15) is 31.7 Å². The minimum atomic E-state index is -0.476. The van der Waals surface area contributed by atoms with Gasteiger partial charge in [-0.05, 0) is 25.0 Å². The van der Waals surface area contributed by atoms with Gasteiger partial charge in [-0.15, -0.1) is 0 Å². The molecule has 0 bridgehead atoms. The third-order valence-corrected chi connectivity index (χ3v) is 3.34. The molecule has 0 spiro atoms. The largest absolute Gasteiger partial charge is 0.381 e. The van der Waals surface area contributed by atoms with E-state index < -0.39 is 4.92 Å². The van der Waals surface area contributed by atoms with Gasteiger partial charge in [-0.1, -0.05) is 31.4 Å². The number of nitrogens with one attached hydrogen (secondary N) is 1. The fraction of sp³-hybridized carbons (Fsp3) is 0.538. The van der Waals surface area contributed by atoms with Crippen LogP contribution in [0.2, 0.25) is 5.02 Å². The predicted octanol–water partition coefficient (Wildman–Crippen LogP) is 3.49. The summed E-state index contributed by atoms with van der Waals surface area (Å²) in [6.45, 7) is 4.47. The zero-order chi connectivity index (χ0) is 14.4. The molecular formula is C13H20ClN3O2. The van der Waals surface area contributed by atoms with Crippen molar-refractivity contribution in [2.75, 3.05) is 11.9 Å². The van der Waals surface area contributed by atoms with E-state index in [1.54, 1.807) is 6.07 Å². The standard InChI is InChI=1S/C13H20ClN3O2/c1-3-4-5-10(8-15)16-12-7-11(14)13(17(18)19)6-9(12)2/h6-7,10,16H,3-5,8,15H2,1-2H3. The van der Waals surface area contributed by atoms with Crippen LogP contribution in [0.15, 0.2) is 12.1 Å². The lowest BCUT2D eigenvalue weighted by Crippen LogP contribution is -2.29. The lowest BCUT2D eigenvalue weighted by atomic mass is 10.1. The monoisotopic (exact) mass is 285 g/mol. The molecule has 0 fully saturated rings. The van der Waals surface area contributed by atoms with Crippen LogP contribution >= 0.6 is 11.6 Å². The van der Waals surface area contributed by atoms with E-state index in [2.05, 4.69) is 12.2 Å². The van der Waals surface area contributed by atoms with Gasteiger partial charge in [-0.25, -0.2) is 0 Å². The van der Waals surface area contributed by atoms with Gasteiger partial charge >= 0.3 is 0 Å². The summed E-state index contributed by atoms with van der Waals surface area (Å²) in [5.41, 5.74) is 7.26. The van der Waals surface area contributed by atoms with E-state index in [-0.39, 0.29) is 16.8 Å². The van der Waals surface area contributed by atoms with E-state index in [0.717, 1.165) is 30.5 Å². The highest BCUT2D eigenvalue weighted by Gasteiger charge is 2.16. The molecule has 0 saturated carbocycles. The van der Waals surface area contributed by atoms with Crippen LogP contribution < -0.4 is 11.1 Å². The minimum Gasteiger partial charge on any atom is -0.381 e. The van der Waals surface area contributed by atoms with Gasteiger partial charge in [0.1, 0.15) is 5.02 Å². The van der Waals surface area contributed by atoms with Crippen molar-refractivity contribution >= 4 is 23.0 Å². The molecule has 0 heterocycles. The number of benzene rings is 1. The summed E-state index contributed by atoms with van der Waals surface area (Å²) < 4.78 is 0. The molecule has 19 heavy (non-hydrogen) atoms. The Morgan fingerprint density at radius 3 is 2.74 bits per heavy atom. The zero-order valence-electron chi connectivity index (χ0n) is 11.3. The summed E-state index contributed by atoms with van der Waals surface area (Å²) in [7, 11) is 0. The van der Waals surface area contributed by atoms with E-state index in [0.29, 0.717) is 6.54 Å². The summed E-state index contributed by atoms with van der Waals surface area (Å²) in [5.74, 6) is 0. The van der Waals surface area contributed by atoms with Crippen molar-refractivity contribution in [3.8, 4) is 0 Å². The molecule has 1 atom stereocenters.